The Hall–Kier alpha value is -0.900. The Morgan fingerprint density at radius 3 is 2.30 bits per heavy atom. The molecule has 1 atom stereocenters. The predicted octanol–water partition coefficient (Wildman–Crippen LogP) is -0.341. The molecule has 0 radical (unpaired) electrons. The van der Waals surface area contributed by atoms with Crippen molar-refractivity contribution in [3.63, 3.8) is 0 Å². The maximum atomic E-state index is 10.5. The minimum absolute atomic E-state index is 0.209. The molecule has 0 fully saturated rings. The molecular formula is C6H10O4. The Kier molecular flexibility index (Phi) is 3.64. The van der Waals surface area contributed by atoms with Gasteiger partial charge in [0.25, 0.3) is 0 Å². The summed E-state index contributed by atoms with van der Waals surface area (Å²) in [4.78, 5) is 20.5. The Labute approximate surface area is 58.5 Å². The molecule has 0 amide bonds. The summed E-state index contributed by atoms with van der Waals surface area (Å²) >= 11 is 0. The van der Waals surface area contributed by atoms with Gasteiger partial charge >= 0.3 is 5.97 Å². The van der Waals surface area contributed by atoms with Gasteiger partial charge in [0, 0.05) is 5.92 Å². The van der Waals surface area contributed by atoms with Gasteiger partial charge in [-0.15, -0.1) is 0 Å². The van der Waals surface area contributed by atoms with Crippen molar-refractivity contribution in [3.05, 3.63) is 0 Å². The van der Waals surface area contributed by atoms with Crippen LogP contribution in [0.5, 0.6) is 0 Å². The topological polar surface area (TPSA) is 74.6 Å². The molecule has 0 aromatic carbocycles. The fourth-order valence-electron chi connectivity index (χ4n) is 0.532. The van der Waals surface area contributed by atoms with Crippen molar-refractivity contribution in [1.29, 1.82) is 0 Å². The first kappa shape index (κ1) is 9.10. The van der Waals surface area contributed by atoms with E-state index in [0.717, 1.165) is 0 Å². The molecule has 0 spiro atoms. The smallest absolute Gasteiger partial charge is 0.304 e. The number of aliphatic hydroxyl groups is 1. The van der Waals surface area contributed by atoms with Gasteiger partial charge in [-0.25, -0.2) is 0 Å². The highest BCUT2D eigenvalue weighted by molar-refractivity contribution is 5.85. The summed E-state index contributed by atoms with van der Waals surface area (Å²) in [6.45, 7) is 0.904. The van der Waals surface area contributed by atoms with Crippen LogP contribution in [-0.2, 0) is 9.59 Å². The molecule has 0 heterocycles. The van der Waals surface area contributed by atoms with Crippen molar-refractivity contribution in [3.8, 4) is 0 Å². The highest BCUT2D eigenvalue weighted by Gasteiger charge is 2.14. The number of carbonyl (C=O) groups is 2. The van der Waals surface area contributed by atoms with Gasteiger partial charge in [0.05, 0.1) is 6.42 Å². The molecule has 0 aliphatic heterocycles. The third kappa shape index (κ3) is 3.19. The maximum Gasteiger partial charge on any atom is 0.304 e. The fraction of sp³-hybridized carbons (Fsp3) is 0.667. The van der Waals surface area contributed by atoms with Crippen molar-refractivity contribution >= 4 is 11.8 Å². The average molecular weight is 146 g/mol. The summed E-state index contributed by atoms with van der Waals surface area (Å²) in [5.74, 6) is -2.03. The largest absolute Gasteiger partial charge is 0.481 e. The van der Waals surface area contributed by atoms with Gasteiger partial charge in [-0.2, -0.15) is 0 Å². The molecule has 2 N–H and O–H groups in total. The first-order chi connectivity index (χ1) is 4.57. The van der Waals surface area contributed by atoms with E-state index >= 15 is 0 Å². The van der Waals surface area contributed by atoms with E-state index in [1.807, 2.05) is 0 Å². The molecule has 4 nitrogen and oxygen atoms in total. The van der Waals surface area contributed by atoms with Crippen molar-refractivity contribution < 1.29 is 19.8 Å². The third-order valence-electron chi connectivity index (χ3n) is 1.19. The lowest BCUT2D eigenvalue weighted by Gasteiger charge is -2.02. The first-order valence-corrected chi connectivity index (χ1v) is 2.93. The fourth-order valence-corrected chi connectivity index (χ4v) is 0.532. The van der Waals surface area contributed by atoms with E-state index in [-0.39, 0.29) is 6.42 Å². The number of carbonyl (C=O) groups excluding carboxylic acids is 1. The number of hydrogen-bond acceptors (Lipinski definition) is 3. The second kappa shape index (κ2) is 4.00. The molecule has 0 bridgehead atoms. The molecular weight excluding hydrogens is 136 g/mol. The van der Waals surface area contributed by atoms with Gasteiger partial charge in [-0.1, -0.05) is 6.92 Å². The van der Waals surface area contributed by atoms with Gasteiger partial charge in [0.15, 0.2) is 5.78 Å². The van der Waals surface area contributed by atoms with Crippen molar-refractivity contribution in [2.45, 2.75) is 13.3 Å². The van der Waals surface area contributed by atoms with E-state index in [2.05, 4.69) is 0 Å². The van der Waals surface area contributed by atoms with Crippen LogP contribution in [0, 0.1) is 5.92 Å². The second-order valence-corrected chi connectivity index (χ2v) is 2.12. The van der Waals surface area contributed by atoms with E-state index in [1.54, 1.807) is 0 Å². The van der Waals surface area contributed by atoms with E-state index in [1.165, 1.54) is 6.92 Å². The molecule has 0 aliphatic carbocycles. The number of ketones is 1. The molecule has 0 aliphatic rings. The van der Waals surface area contributed by atoms with Crippen molar-refractivity contribution in [1.82, 2.24) is 0 Å². The molecule has 4 heteroatoms. The normalized spacial score (nSPS) is 12.6. The lowest BCUT2D eigenvalue weighted by molar-refractivity contribution is -0.140. The van der Waals surface area contributed by atoms with Gasteiger partial charge in [-0.05, 0) is 0 Å². The number of hydrogen-bond donors (Lipinski definition) is 2. The van der Waals surface area contributed by atoms with Crippen LogP contribution in [0.1, 0.15) is 13.3 Å². The molecule has 1 unspecified atom stereocenters. The Balaban J connectivity index is 3.72. The summed E-state index contributed by atoms with van der Waals surface area (Å²) in [6.07, 6.45) is -0.209. The molecule has 10 heavy (non-hydrogen) atoms. The highest BCUT2D eigenvalue weighted by Crippen LogP contribution is 2.01. The summed E-state index contributed by atoms with van der Waals surface area (Å²) in [5, 5.41) is 16.5. The van der Waals surface area contributed by atoms with E-state index in [0.29, 0.717) is 0 Å². The zero-order valence-electron chi connectivity index (χ0n) is 5.70. The minimum Gasteiger partial charge on any atom is -0.481 e. The quantitative estimate of drug-likeness (QED) is 0.569. The Morgan fingerprint density at radius 1 is 1.50 bits per heavy atom. The summed E-state index contributed by atoms with van der Waals surface area (Å²) in [7, 11) is 0. The summed E-state index contributed by atoms with van der Waals surface area (Å²) in [6, 6.07) is 0. The van der Waals surface area contributed by atoms with Crippen LogP contribution in [0.15, 0.2) is 0 Å². The number of rotatable bonds is 4. The molecule has 0 saturated carbocycles. The molecule has 0 aromatic heterocycles. The Bertz CT molecular complexity index is 141. The highest BCUT2D eigenvalue weighted by atomic mass is 16.4. The lowest BCUT2D eigenvalue weighted by atomic mass is 10.0. The zero-order valence-corrected chi connectivity index (χ0v) is 5.70. The maximum absolute atomic E-state index is 10.5. The van der Waals surface area contributed by atoms with E-state index < -0.39 is 24.3 Å². The van der Waals surface area contributed by atoms with E-state index in [9.17, 15) is 9.59 Å². The van der Waals surface area contributed by atoms with Crippen LogP contribution in [0.3, 0.4) is 0 Å². The van der Waals surface area contributed by atoms with Crippen LogP contribution in [-0.4, -0.2) is 28.6 Å². The van der Waals surface area contributed by atoms with Crippen molar-refractivity contribution in [2.75, 3.05) is 6.61 Å². The molecule has 0 aromatic rings. The van der Waals surface area contributed by atoms with Gasteiger partial charge in [-0.3, -0.25) is 9.59 Å². The SMILES string of the molecule is CC(CC(=O)O)C(=O)CO. The molecule has 0 rings (SSSR count). The number of aliphatic hydroxyl groups excluding tert-OH is 1. The van der Waals surface area contributed by atoms with Crippen LogP contribution in [0.2, 0.25) is 0 Å². The van der Waals surface area contributed by atoms with Crippen LogP contribution in [0.4, 0.5) is 0 Å². The zero-order chi connectivity index (χ0) is 8.15. The third-order valence-corrected chi connectivity index (χ3v) is 1.19. The standard InChI is InChI=1S/C6H10O4/c1-4(2-6(9)10)5(8)3-7/h4,7H,2-3H2,1H3,(H,9,10). The number of Topliss-reactive ketones (excluding diaryl/α,β-unsaturated/α-hetero) is 1. The van der Waals surface area contributed by atoms with Crippen LogP contribution < -0.4 is 0 Å². The second-order valence-electron chi connectivity index (χ2n) is 2.12. The van der Waals surface area contributed by atoms with Crippen molar-refractivity contribution in [2.24, 2.45) is 5.92 Å². The lowest BCUT2D eigenvalue weighted by Crippen LogP contribution is -2.17. The number of carboxylic acids is 1. The van der Waals surface area contributed by atoms with Gasteiger partial charge < -0.3 is 10.2 Å². The first-order valence-electron chi connectivity index (χ1n) is 2.93. The predicted molar refractivity (Wildman–Crippen MR) is 33.5 cm³/mol. The van der Waals surface area contributed by atoms with Gasteiger partial charge in [0.2, 0.25) is 0 Å². The Morgan fingerprint density at radius 2 is 2.00 bits per heavy atom. The summed E-state index contributed by atoms with van der Waals surface area (Å²) < 4.78 is 0. The monoisotopic (exact) mass is 146 g/mol. The molecule has 0 saturated heterocycles. The molecule has 58 valence electrons. The number of aliphatic carboxylic acids is 1. The summed E-state index contributed by atoms with van der Waals surface area (Å²) in [5.41, 5.74) is 0. The average Bonchev–Trinajstić information content (AvgIpc) is 1.85. The van der Waals surface area contributed by atoms with E-state index in [4.69, 9.17) is 10.2 Å². The van der Waals surface area contributed by atoms with Crippen LogP contribution in [0.25, 0.3) is 0 Å². The minimum atomic E-state index is -1.02. The number of carboxylic acid groups (broad SMARTS) is 1. The van der Waals surface area contributed by atoms with Crippen LogP contribution >= 0.6 is 0 Å². The van der Waals surface area contributed by atoms with Gasteiger partial charge in [0.1, 0.15) is 6.61 Å².